The molecule has 9 heteroatoms. The van der Waals surface area contributed by atoms with E-state index in [2.05, 4.69) is 15.8 Å². The molecule has 2 heterocycles. The van der Waals surface area contributed by atoms with Crippen molar-refractivity contribution in [3.8, 4) is 0 Å². The van der Waals surface area contributed by atoms with Gasteiger partial charge in [0, 0.05) is 30.2 Å². The molecule has 1 unspecified atom stereocenters. The van der Waals surface area contributed by atoms with Gasteiger partial charge in [-0.3, -0.25) is 29.8 Å². The minimum atomic E-state index is -0.525. The Labute approximate surface area is 177 Å². The second-order valence-corrected chi connectivity index (χ2v) is 7.43. The molecule has 1 saturated heterocycles. The highest BCUT2D eigenvalue weighted by molar-refractivity contribution is 6.30. The SMILES string of the molecule is CCn1c(NNC(=O)C2CC(=O)N(c3ccc(Cl)cc3)C2)nc2ccccc2c1=O. The molecule has 1 aromatic heterocycles. The van der Waals surface area contributed by atoms with Crippen LogP contribution in [0.5, 0.6) is 0 Å². The van der Waals surface area contributed by atoms with Crippen LogP contribution in [0.2, 0.25) is 5.02 Å². The average Bonchev–Trinajstić information content (AvgIpc) is 3.14. The van der Waals surface area contributed by atoms with Gasteiger partial charge in [-0.2, -0.15) is 0 Å². The van der Waals surface area contributed by atoms with Crippen molar-refractivity contribution < 1.29 is 9.59 Å². The molecule has 2 N–H and O–H groups in total. The maximum Gasteiger partial charge on any atom is 0.262 e. The first-order valence-corrected chi connectivity index (χ1v) is 9.97. The van der Waals surface area contributed by atoms with Gasteiger partial charge in [-0.05, 0) is 43.3 Å². The topological polar surface area (TPSA) is 96.3 Å². The third kappa shape index (κ3) is 3.73. The number of amides is 2. The smallest absolute Gasteiger partial charge is 0.262 e. The zero-order valence-electron chi connectivity index (χ0n) is 16.3. The molecule has 30 heavy (non-hydrogen) atoms. The molecule has 4 rings (SSSR count). The van der Waals surface area contributed by atoms with Crippen molar-refractivity contribution in [2.75, 3.05) is 16.9 Å². The molecule has 1 aliphatic rings. The summed E-state index contributed by atoms with van der Waals surface area (Å²) in [5.74, 6) is -0.756. The number of hydrazine groups is 1. The van der Waals surface area contributed by atoms with E-state index in [0.29, 0.717) is 28.2 Å². The maximum atomic E-state index is 12.7. The number of carbonyl (C=O) groups is 2. The highest BCUT2D eigenvalue weighted by atomic mass is 35.5. The predicted molar refractivity (Wildman–Crippen MR) is 115 cm³/mol. The molecular formula is C21H20ClN5O3. The lowest BCUT2D eigenvalue weighted by Gasteiger charge is -2.17. The molecule has 154 valence electrons. The molecule has 3 aromatic rings. The van der Waals surface area contributed by atoms with Crippen LogP contribution in [-0.2, 0) is 16.1 Å². The number of aromatic nitrogens is 2. The number of halogens is 1. The zero-order valence-corrected chi connectivity index (χ0v) is 17.0. The molecule has 0 bridgehead atoms. The van der Waals surface area contributed by atoms with Gasteiger partial charge >= 0.3 is 0 Å². The predicted octanol–water partition coefficient (Wildman–Crippen LogP) is 2.57. The highest BCUT2D eigenvalue weighted by Gasteiger charge is 2.35. The summed E-state index contributed by atoms with van der Waals surface area (Å²) in [5, 5.41) is 1.09. The van der Waals surface area contributed by atoms with Gasteiger partial charge < -0.3 is 4.90 Å². The summed E-state index contributed by atoms with van der Waals surface area (Å²) in [6.07, 6.45) is 0.0991. The molecule has 1 aliphatic heterocycles. The first-order valence-electron chi connectivity index (χ1n) is 9.59. The highest BCUT2D eigenvalue weighted by Crippen LogP contribution is 2.26. The quantitative estimate of drug-likeness (QED) is 0.612. The molecule has 0 aliphatic carbocycles. The lowest BCUT2D eigenvalue weighted by atomic mass is 10.1. The van der Waals surface area contributed by atoms with Crippen molar-refractivity contribution in [3.63, 3.8) is 0 Å². The van der Waals surface area contributed by atoms with E-state index in [4.69, 9.17) is 11.6 Å². The molecule has 0 radical (unpaired) electrons. The number of fused-ring (bicyclic) bond motifs is 1. The Bertz CT molecular complexity index is 1180. The minimum Gasteiger partial charge on any atom is -0.312 e. The largest absolute Gasteiger partial charge is 0.312 e. The van der Waals surface area contributed by atoms with Crippen molar-refractivity contribution in [3.05, 3.63) is 63.9 Å². The fourth-order valence-electron chi connectivity index (χ4n) is 3.53. The van der Waals surface area contributed by atoms with E-state index in [9.17, 15) is 14.4 Å². The second kappa shape index (κ2) is 8.16. The third-order valence-corrected chi connectivity index (χ3v) is 5.36. The molecular weight excluding hydrogens is 406 g/mol. The second-order valence-electron chi connectivity index (χ2n) is 7.00. The van der Waals surface area contributed by atoms with E-state index in [1.807, 2.05) is 6.92 Å². The Morgan fingerprint density at radius 2 is 1.90 bits per heavy atom. The van der Waals surface area contributed by atoms with Crippen molar-refractivity contribution >= 4 is 46.0 Å². The van der Waals surface area contributed by atoms with Crippen LogP contribution < -0.4 is 21.3 Å². The molecule has 1 fully saturated rings. The van der Waals surface area contributed by atoms with Crippen molar-refractivity contribution in [2.24, 2.45) is 5.92 Å². The van der Waals surface area contributed by atoms with Crippen LogP contribution in [0, 0.1) is 5.92 Å². The van der Waals surface area contributed by atoms with E-state index in [1.165, 1.54) is 4.57 Å². The van der Waals surface area contributed by atoms with Crippen LogP contribution in [-0.4, -0.2) is 27.9 Å². The summed E-state index contributed by atoms with van der Waals surface area (Å²) < 4.78 is 1.45. The van der Waals surface area contributed by atoms with Gasteiger partial charge in [0.1, 0.15) is 0 Å². The van der Waals surface area contributed by atoms with Crippen LogP contribution >= 0.6 is 11.6 Å². The van der Waals surface area contributed by atoms with Crippen molar-refractivity contribution in [1.82, 2.24) is 15.0 Å². The molecule has 0 spiro atoms. The average molecular weight is 426 g/mol. The molecule has 2 aromatic carbocycles. The lowest BCUT2D eigenvalue weighted by molar-refractivity contribution is -0.125. The number of carbonyl (C=O) groups excluding carboxylic acids is 2. The molecule has 8 nitrogen and oxygen atoms in total. The van der Waals surface area contributed by atoms with E-state index in [0.717, 1.165) is 0 Å². The maximum absolute atomic E-state index is 12.7. The van der Waals surface area contributed by atoms with Gasteiger partial charge in [-0.15, -0.1) is 0 Å². The van der Waals surface area contributed by atoms with Gasteiger partial charge in [0.05, 0.1) is 16.8 Å². The monoisotopic (exact) mass is 425 g/mol. The summed E-state index contributed by atoms with van der Waals surface area (Å²) in [6.45, 7) is 2.48. The van der Waals surface area contributed by atoms with E-state index in [1.54, 1.807) is 53.4 Å². The molecule has 0 saturated carbocycles. The minimum absolute atomic E-state index is 0.0991. The zero-order chi connectivity index (χ0) is 21.3. The number of hydrogen-bond acceptors (Lipinski definition) is 5. The van der Waals surface area contributed by atoms with Gasteiger partial charge in [-0.1, -0.05) is 23.7 Å². The molecule has 2 amide bonds. The van der Waals surface area contributed by atoms with E-state index < -0.39 is 5.92 Å². The van der Waals surface area contributed by atoms with Crippen LogP contribution in [0.3, 0.4) is 0 Å². The van der Waals surface area contributed by atoms with Crippen molar-refractivity contribution in [2.45, 2.75) is 19.9 Å². The van der Waals surface area contributed by atoms with Crippen LogP contribution in [0.4, 0.5) is 11.6 Å². The number of nitrogens with zero attached hydrogens (tertiary/aromatic N) is 3. The summed E-state index contributed by atoms with van der Waals surface area (Å²) in [4.78, 5) is 43.7. The number of benzene rings is 2. The van der Waals surface area contributed by atoms with Gasteiger partial charge in [0.2, 0.25) is 17.8 Å². The van der Waals surface area contributed by atoms with E-state index in [-0.39, 0.29) is 36.3 Å². The van der Waals surface area contributed by atoms with Gasteiger partial charge in [0.25, 0.3) is 5.56 Å². The van der Waals surface area contributed by atoms with Gasteiger partial charge in [-0.25, -0.2) is 4.98 Å². The van der Waals surface area contributed by atoms with E-state index >= 15 is 0 Å². The lowest BCUT2D eigenvalue weighted by Crippen LogP contribution is -2.38. The summed E-state index contributed by atoms with van der Waals surface area (Å²) in [6, 6.07) is 13.9. The summed E-state index contributed by atoms with van der Waals surface area (Å²) in [7, 11) is 0. The third-order valence-electron chi connectivity index (χ3n) is 5.11. The Morgan fingerprint density at radius 3 is 2.63 bits per heavy atom. The van der Waals surface area contributed by atoms with Crippen molar-refractivity contribution in [1.29, 1.82) is 0 Å². The Morgan fingerprint density at radius 1 is 1.17 bits per heavy atom. The summed E-state index contributed by atoms with van der Waals surface area (Å²) >= 11 is 5.90. The molecule has 1 atom stereocenters. The van der Waals surface area contributed by atoms with Gasteiger partial charge in [0.15, 0.2) is 0 Å². The number of para-hydroxylation sites is 1. The first kappa shape index (κ1) is 19.9. The first-order chi connectivity index (χ1) is 14.5. The number of nitrogens with one attached hydrogen (secondary N) is 2. The summed E-state index contributed by atoms with van der Waals surface area (Å²) in [5.41, 5.74) is 6.40. The fourth-order valence-corrected chi connectivity index (χ4v) is 3.66. The number of anilines is 2. The fraction of sp³-hybridized carbons (Fsp3) is 0.238. The number of rotatable bonds is 5. The Kier molecular flexibility index (Phi) is 5.41. The normalized spacial score (nSPS) is 16.1. The van der Waals surface area contributed by atoms with Crippen LogP contribution in [0.25, 0.3) is 10.9 Å². The number of hydrogen-bond donors (Lipinski definition) is 2. The van der Waals surface area contributed by atoms with Crippen LogP contribution in [0.15, 0.2) is 53.3 Å². The Hall–Kier alpha value is -3.39. The standard InChI is InChI=1S/C21H20ClN5O3/c1-2-26-20(30)16-5-3-4-6-17(16)23-21(26)25-24-19(29)13-11-18(28)27(12-13)15-9-7-14(22)8-10-15/h3-10,13H,2,11-12H2,1H3,(H,23,25)(H,24,29). The van der Waals surface area contributed by atoms with Crippen LogP contribution in [0.1, 0.15) is 13.3 Å². The Balaban J connectivity index is 1.48.